The number of carbonyl (C=O) groups excluding carboxylic acids is 4. The van der Waals surface area contributed by atoms with E-state index in [9.17, 15) is 50.2 Å². The molecule has 1 unspecified atom stereocenters. The van der Waals surface area contributed by atoms with Gasteiger partial charge in [-0.15, -0.1) is 5.06 Å². The van der Waals surface area contributed by atoms with Crippen LogP contribution in [0.1, 0.15) is 125 Å². The fraction of sp³-hybridized carbons (Fsp3) is 0.471. The first-order chi connectivity index (χ1) is 32.6. The van der Waals surface area contributed by atoms with Gasteiger partial charge in [-0.3, -0.25) is 28.5 Å². The van der Waals surface area contributed by atoms with Gasteiger partial charge in [0, 0.05) is 78.8 Å². The molecule has 0 aromatic heterocycles. The number of imide groups is 1. The summed E-state index contributed by atoms with van der Waals surface area (Å²) in [5, 5.41) is 14.1. The number of hydrogen-bond acceptors (Lipinski definition) is 13. The third-order valence-electron chi connectivity index (χ3n) is 13.9. The number of hydrogen-bond donors (Lipinski definition) is 4. The fourth-order valence-corrected chi connectivity index (χ4v) is 10.4. The van der Waals surface area contributed by atoms with Crippen molar-refractivity contribution in [1.82, 2.24) is 10.4 Å². The van der Waals surface area contributed by atoms with Crippen LogP contribution < -0.4 is 15.0 Å². The lowest BCUT2D eigenvalue weighted by Crippen LogP contribution is -2.51. The molecule has 0 bridgehead atoms. The molecule has 0 radical (unpaired) electrons. The van der Waals surface area contributed by atoms with Gasteiger partial charge in [-0.2, -0.15) is 16.8 Å². The standard InChI is InChI=1S/C51H64N4O13S2/c1-31-18-19-35(69(61,62)63)29-38(31)49(5,6)41(52-26-14-27-53-48(60)51(9)25-24-37-34(4)46(59)32(2)33(3)47(37)67-51)15-13-16-42-50(7,8)39-30-36(70(64,65)66)20-21-40(39)54(42)28-12-10-11-17-45(58)68-55-43(56)22-23-44(55)57/h13,15-16,18-21,29-30,59H,10-12,14,17,22-28H2,1-9H3,(H,53,60)(H,61,62,63)(H,64,65,66)/b15-13+,42-16+,52-41+. The molecule has 3 amide bonds. The van der Waals surface area contributed by atoms with Crippen LogP contribution in [0.15, 0.2) is 75.1 Å². The number of benzene rings is 3. The predicted molar refractivity (Wildman–Crippen MR) is 263 cm³/mol. The zero-order chi connectivity index (χ0) is 51.7. The minimum atomic E-state index is -4.55. The summed E-state index contributed by atoms with van der Waals surface area (Å²) in [7, 11) is -9.08. The second-order valence-corrected chi connectivity index (χ2v) is 22.4. The highest BCUT2D eigenvalue weighted by Crippen LogP contribution is 2.49. The molecule has 3 aliphatic rings. The van der Waals surface area contributed by atoms with Crippen molar-refractivity contribution >= 4 is 55.3 Å². The Morgan fingerprint density at radius 2 is 1.51 bits per heavy atom. The summed E-state index contributed by atoms with van der Waals surface area (Å²) < 4.78 is 75.5. The zero-order valence-corrected chi connectivity index (χ0v) is 42.9. The first kappa shape index (κ1) is 53.5. The van der Waals surface area contributed by atoms with Crippen molar-refractivity contribution < 1.29 is 59.8 Å². The molecule has 19 heteroatoms. The number of rotatable bonds is 18. The lowest BCUT2D eigenvalue weighted by Gasteiger charge is -2.36. The van der Waals surface area contributed by atoms with Gasteiger partial charge in [0.05, 0.1) is 9.79 Å². The lowest BCUT2D eigenvalue weighted by atomic mass is 9.77. The Kier molecular flexibility index (Phi) is 15.6. The topological polar surface area (TPSA) is 247 Å². The average molecular weight is 1010 g/mol. The first-order valence-electron chi connectivity index (χ1n) is 23.4. The van der Waals surface area contributed by atoms with Crippen LogP contribution >= 0.6 is 0 Å². The van der Waals surface area contributed by atoms with Gasteiger partial charge in [0.2, 0.25) is 0 Å². The van der Waals surface area contributed by atoms with E-state index < -0.39 is 54.5 Å². The van der Waals surface area contributed by atoms with Crippen LogP contribution in [0, 0.1) is 27.7 Å². The van der Waals surface area contributed by atoms with Crippen molar-refractivity contribution in [3.05, 3.63) is 99.3 Å². The maximum atomic E-state index is 13.7. The van der Waals surface area contributed by atoms with E-state index in [2.05, 4.69) is 5.32 Å². The number of allylic oxidation sites excluding steroid dienone is 4. The minimum Gasteiger partial charge on any atom is -0.507 e. The van der Waals surface area contributed by atoms with Gasteiger partial charge < -0.3 is 24.9 Å². The van der Waals surface area contributed by atoms with Gasteiger partial charge in [0.25, 0.3) is 38.0 Å². The highest BCUT2D eigenvalue weighted by Gasteiger charge is 2.42. The summed E-state index contributed by atoms with van der Waals surface area (Å²) >= 11 is 0. The number of unbranched alkanes of at least 4 members (excludes halogenated alkanes) is 2. The Bertz CT molecular complexity index is 2920. The predicted octanol–water partition coefficient (Wildman–Crippen LogP) is 7.53. The van der Waals surface area contributed by atoms with Gasteiger partial charge in [-0.1, -0.05) is 46.3 Å². The van der Waals surface area contributed by atoms with Gasteiger partial charge >= 0.3 is 5.97 Å². The first-order valence-corrected chi connectivity index (χ1v) is 26.2. The average Bonchev–Trinajstić information content (AvgIpc) is 3.71. The second-order valence-electron chi connectivity index (χ2n) is 19.5. The van der Waals surface area contributed by atoms with E-state index in [-0.39, 0.29) is 53.8 Å². The van der Waals surface area contributed by atoms with Crippen LogP contribution in [0.3, 0.4) is 0 Å². The number of aliphatic imine (C=N–C) groups is 1. The Morgan fingerprint density at radius 3 is 2.17 bits per heavy atom. The largest absolute Gasteiger partial charge is 0.507 e. The number of phenolic OH excluding ortho intramolecular Hbond substituents is 1. The van der Waals surface area contributed by atoms with Crippen LogP contribution in [0.4, 0.5) is 5.69 Å². The molecular weight excluding hydrogens is 941 g/mol. The van der Waals surface area contributed by atoms with Gasteiger partial charge in [0.15, 0.2) is 5.60 Å². The molecule has 3 aromatic carbocycles. The van der Waals surface area contributed by atoms with Gasteiger partial charge in [0.1, 0.15) is 11.5 Å². The van der Waals surface area contributed by atoms with Crippen molar-refractivity contribution in [3.63, 3.8) is 0 Å². The SMILES string of the molecule is Cc1ccc(S(=O)(=O)O)cc1C(C)(C)C(/C=C/C=C1/N(CCCCCC(=O)ON2C(=O)CCC2=O)c2ccc(S(=O)(=O)O)cc2C1(C)C)=N/CCCNC(=O)C1(C)CCc2c(C)c(O)c(C)c(C)c2O1. The zero-order valence-electron chi connectivity index (χ0n) is 41.3. The number of carbonyl (C=O) groups is 4. The van der Waals surface area contributed by atoms with Gasteiger partial charge in [-0.05, 0) is 136 Å². The molecule has 4 N–H and O–H groups in total. The number of aromatic hydroxyl groups is 1. The molecule has 0 spiro atoms. The number of amides is 3. The molecule has 1 fully saturated rings. The summed E-state index contributed by atoms with van der Waals surface area (Å²) in [6.07, 6.45) is 8.43. The van der Waals surface area contributed by atoms with Crippen LogP contribution in [-0.4, -0.2) is 90.7 Å². The Morgan fingerprint density at radius 1 is 0.871 bits per heavy atom. The highest BCUT2D eigenvalue weighted by molar-refractivity contribution is 7.86. The van der Waals surface area contributed by atoms with Crippen LogP contribution in [-0.2, 0) is 61.5 Å². The molecule has 0 aliphatic carbocycles. The van der Waals surface area contributed by atoms with E-state index in [1.807, 2.05) is 78.5 Å². The summed E-state index contributed by atoms with van der Waals surface area (Å²) in [4.78, 5) is 61.5. The lowest BCUT2D eigenvalue weighted by molar-refractivity contribution is -0.197. The molecule has 3 aromatic rings. The van der Waals surface area contributed by atoms with Crippen LogP contribution in [0.2, 0.25) is 0 Å². The Hall–Kier alpha value is -5.89. The van der Waals surface area contributed by atoms with Crippen molar-refractivity contribution in [2.75, 3.05) is 24.5 Å². The molecule has 3 aliphatic heterocycles. The quantitative estimate of drug-likeness (QED) is 0.0417. The maximum Gasteiger partial charge on any atom is 0.333 e. The van der Waals surface area contributed by atoms with Crippen molar-refractivity contribution in [2.24, 2.45) is 4.99 Å². The number of nitrogens with one attached hydrogen (secondary N) is 1. The third kappa shape index (κ3) is 11.2. The highest BCUT2D eigenvalue weighted by atomic mass is 32.2. The number of fused-ring (bicyclic) bond motifs is 2. The Labute approximate surface area is 410 Å². The van der Waals surface area contributed by atoms with Crippen LogP contribution in [0.25, 0.3) is 0 Å². The van der Waals surface area contributed by atoms with Crippen LogP contribution in [0.5, 0.6) is 11.5 Å². The molecule has 3 heterocycles. The molecule has 0 saturated carbocycles. The molecule has 378 valence electrons. The summed E-state index contributed by atoms with van der Waals surface area (Å²) in [6, 6.07) is 8.81. The minimum absolute atomic E-state index is 0.00478. The molecular formula is C51H64N4O13S2. The number of anilines is 1. The van der Waals surface area contributed by atoms with E-state index in [1.54, 1.807) is 19.1 Å². The molecule has 1 atom stereocenters. The summed E-state index contributed by atoms with van der Waals surface area (Å²) in [6.45, 7) is 17.7. The summed E-state index contributed by atoms with van der Waals surface area (Å²) in [5.41, 5.74) is 4.30. The smallest absolute Gasteiger partial charge is 0.333 e. The normalized spacial score (nSPS) is 18.9. The van der Waals surface area contributed by atoms with E-state index in [4.69, 9.17) is 14.6 Å². The molecule has 6 rings (SSSR count). The number of nitrogens with zero attached hydrogens (tertiary/aromatic N) is 3. The van der Waals surface area contributed by atoms with E-state index in [0.29, 0.717) is 84.0 Å². The van der Waals surface area contributed by atoms with Crippen molar-refractivity contribution in [2.45, 2.75) is 146 Å². The van der Waals surface area contributed by atoms with Gasteiger partial charge in [-0.25, -0.2) is 4.79 Å². The maximum absolute atomic E-state index is 13.7. The van der Waals surface area contributed by atoms with E-state index in [0.717, 1.165) is 28.0 Å². The second kappa shape index (κ2) is 20.4. The van der Waals surface area contributed by atoms with Crippen molar-refractivity contribution in [1.29, 1.82) is 0 Å². The Balaban J connectivity index is 1.24. The van der Waals surface area contributed by atoms with E-state index >= 15 is 0 Å². The number of hydroxylamine groups is 2. The molecule has 70 heavy (non-hydrogen) atoms. The fourth-order valence-electron chi connectivity index (χ4n) is 9.41. The molecule has 1 saturated heterocycles. The van der Waals surface area contributed by atoms with E-state index in [1.165, 1.54) is 24.3 Å². The monoisotopic (exact) mass is 1000 g/mol. The molecule has 17 nitrogen and oxygen atoms in total. The number of phenols is 1. The van der Waals surface area contributed by atoms with Crippen molar-refractivity contribution in [3.8, 4) is 11.5 Å². The number of aryl methyl sites for hydroxylation is 1. The third-order valence-corrected chi connectivity index (χ3v) is 15.6. The number of ether oxygens (including phenoxy) is 1. The summed E-state index contributed by atoms with van der Waals surface area (Å²) in [5.74, 6) is -1.23.